The average molecular weight is 246 g/mol. The maximum Gasteiger partial charge on any atom is 0.411 e. The van der Waals surface area contributed by atoms with Crippen LogP contribution in [0.1, 0.15) is 25.0 Å². The zero-order valence-corrected chi connectivity index (χ0v) is 10.9. The van der Waals surface area contributed by atoms with Crippen molar-refractivity contribution in [2.45, 2.75) is 26.9 Å². The lowest BCUT2D eigenvalue weighted by molar-refractivity contribution is 0.130. The Morgan fingerprint density at radius 3 is 2.78 bits per heavy atom. The molecule has 3 N–H and O–H groups in total. The summed E-state index contributed by atoms with van der Waals surface area (Å²) in [5.74, 6) is 5.76. The first-order valence-electron chi connectivity index (χ1n) is 5.80. The van der Waals surface area contributed by atoms with Crippen LogP contribution in [0.15, 0.2) is 18.2 Å². The first kappa shape index (κ1) is 14.1. The van der Waals surface area contributed by atoms with Gasteiger partial charge < -0.3 is 10.5 Å². The van der Waals surface area contributed by atoms with E-state index in [2.05, 4.69) is 17.2 Å². The van der Waals surface area contributed by atoms with E-state index in [4.69, 9.17) is 10.5 Å². The van der Waals surface area contributed by atoms with Gasteiger partial charge in [0.2, 0.25) is 0 Å². The second-order valence-corrected chi connectivity index (χ2v) is 4.11. The van der Waals surface area contributed by atoms with Crippen LogP contribution in [-0.4, -0.2) is 18.7 Å². The molecule has 4 nitrogen and oxygen atoms in total. The number of nitrogens with one attached hydrogen (secondary N) is 1. The summed E-state index contributed by atoms with van der Waals surface area (Å²) < 4.78 is 4.99. The van der Waals surface area contributed by atoms with E-state index in [1.54, 1.807) is 19.9 Å². The summed E-state index contributed by atoms with van der Waals surface area (Å²) in [5, 5.41) is 2.66. The summed E-state index contributed by atoms with van der Waals surface area (Å²) in [6.45, 7) is 5.87. The lowest BCUT2D eigenvalue weighted by Crippen LogP contribution is -2.18. The molecule has 0 heterocycles. The quantitative estimate of drug-likeness (QED) is 0.787. The molecule has 1 aromatic rings. The van der Waals surface area contributed by atoms with Crippen molar-refractivity contribution < 1.29 is 9.53 Å². The van der Waals surface area contributed by atoms with E-state index in [9.17, 15) is 4.79 Å². The number of hydrogen-bond donors (Lipinski definition) is 2. The molecule has 0 atom stereocenters. The van der Waals surface area contributed by atoms with Crippen molar-refractivity contribution in [2.24, 2.45) is 5.73 Å². The second-order valence-electron chi connectivity index (χ2n) is 4.11. The molecule has 96 valence electrons. The van der Waals surface area contributed by atoms with Crippen LogP contribution in [0, 0.1) is 18.8 Å². The number of aryl methyl sites for hydroxylation is 1. The number of rotatable bonds is 2. The van der Waals surface area contributed by atoms with E-state index in [0.717, 1.165) is 11.1 Å². The number of hydrogen-bond acceptors (Lipinski definition) is 3. The minimum Gasteiger partial charge on any atom is -0.447 e. The molecule has 0 unspecified atom stereocenters. The van der Waals surface area contributed by atoms with Crippen LogP contribution in [0.2, 0.25) is 0 Å². The van der Waals surface area contributed by atoms with Gasteiger partial charge in [0.1, 0.15) is 0 Å². The SMILES string of the molecule is Cc1cc(NC(=O)OC(C)C)ccc1C#CCN. The third-order valence-electron chi connectivity index (χ3n) is 2.14. The van der Waals surface area contributed by atoms with Gasteiger partial charge in [-0.2, -0.15) is 0 Å². The van der Waals surface area contributed by atoms with E-state index < -0.39 is 6.09 Å². The zero-order valence-electron chi connectivity index (χ0n) is 10.9. The van der Waals surface area contributed by atoms with Gasteiger partial charge in [0, 0.05) is 11.3 Å². The first-order chi connectivity index (χ1) is 8.52. The highest BCUT2D eigenvalue weighted by Crippen LogP contribution is 2.14. The van der Waals surface area contributed by atoms with Crippen molar-refractivity contribution in [2.75, 3.05) is 11.9 Å². The molecule has 0 aromatic heterocycles. The normalized spacial score (nSPS) is 9.61. The van der Waals surface area contributed by atoms with Crippen LogP contribution in [0.25, 0.3) is 0 Å². The Bertz CT molecular complexity index is 484. The van der Waals surface area contributed by atoms with Gasteiger partial charge in [-0.25, -0.2) is 4.79 Å². The molecule has 18 heavy (non-hydrogen) atoms. The fourth-order valence-electron chi connectivity index (χ4n) is 1.39. The Hall–Kier alpha value is -1.99. The van der Waals surface area contributed by atoms with Crippen molar-refractivity contribution in [1.82, 2.24) is 0 Å². The summed E-state index contributed by atoms with van der Waals surface area (Å²) in [6, 6.07) is 5.49. The van der Waals surface area contributed by atoms with E-state index in [0.29, 0.717) is 12.2 Å². The fourth-order valence-corrected chi connectivity index (χ4v) is 1.39. The topological polar surface area (TPSA) is 64.3 Å². The number of ether oxygens (including phenoxy) is 1. The smallest absolute Gasteiger partial charge is 0.411 e. The summed E-state index contributed by atoms with van der Waals surface area (Å²) in [5.41, 5.74) is 7.90. The summed E-state index contributed by atoms with van der Waals surface area (Å²) in [6.07, 6.45) is -0.592. The molecule has 0 bridgehead atoms. The fraction of sp³-hybridized carbons (Fsp3) is 0.357. The van der Waals surface area contributed by atoms with Gasteiger partial charge in [0.15, 0.2) is 0 Å². The highest BCUT2D eigenvalue weighted by Gasteiger charge is 2.06. The molecule has 0 aliphatic heterocycles. The van der Waals surface area contributed by atoms with Gasteiger partial charge in [0.25, 0.3) is 0 Å². The highest BCUT2D eigenvalue weighted by atomic mass is 16.6. The summed E-state index contributed by atoms with van der Waals surface area (Å²) in [4.78, 5) is 11.4. The molecule has 1 amide bonds. The maximum atomic E-state index is 11.4. The number of carbonyl (C=O) groups excluding carboxylic acids is 1. The Morgan fingerprint density at radius 1 is 1.50 bits per heavy atom. The second kappa shape index (κ2) is 6.67. The molecule has 0 aliphatic rings. The van der Waals surface area contributed by atoms with Crippen molar-refractivity contribution in [3.8, 4) is 11.8 Å². The van der Waals surface area contributed by atoms with Crippen LogP contribution in [-0.2, 0) is 4.74 Å². The summed E-state index contributed by atoms with van der Waals surface area (Å²) in [7, 11) is 0. The molecule has 4 heteroatoms. The minimum absolute atomic E-state index is 0.138. The molecule has 0 spiro atoms. The average Bonchev–Trinajstić information content (AvgIpc) is 2.26. The molecule has 0 radical (unpaired) electrons. The molecule has 1 aromatic carbocycles. The van der Waals surface area contributed by atoms with Gasteiger partial charge in [-0.05, 0) is 44.5 Å². The van der Waals surface area contributed by atoms with Gasteiger partial charge in [-0.15, -0.1) is 0 Å². The lowest BCUT2D eigenvalue weighted by atomic mass is 10.1. The summed E-state index contributed by atoms with van der Waals surface area (Å²) >= 11 is 0. The van der Waals surface area contributed by atoms with Crippen LogP contribution in [0.5, 0.6) is 0 Å². The third kappa shape index (κ3) is 4.48. The Balaban J connectivity index is 2.75. The number of nitrogens with two attached hydrogens (primary N) is 1. The van der Waals surface area contributed by atoms with Gasteiger partial charge >= 0.3 is 6.09 Å². The molecular weight excluding hydrogens is 228 g/mol. The Labute approximate surface area is 108 Å². The standard InChI is InChI=1S/C14H18N2O2/c1-10(2)18-14(17)16-13-7-6-12(5-4-8-15)11(3)9-13/h6-7,9-10H,8,15H2,1-3H3,(H,16,17). The van der Waals surface area contributed by atoms with Crippen LogP contribution >= 0.6 is 0 Å². The van der Waals surface area contributed by atoms with Crippen LogP contribution in [0.4, 0.5) is 10.5 Å². The largest absolute Gasteiger partial charge is 0.447 e. The van der Waals surface area contributed by atoms with Crippen molar-refractivity contribution in [3.63, 3.8) is 0 Å². The molecule has 0 aliphatic carbocycles. The molecule has 1 rings (SSSR count). The number of carbonyl (C=O) groups is 1. The Kier molecular flexibility index (Phi) is 5.22. The molecule has 0 fully saturated rings. The predicted molar refractivity (Wildman–Crippen MR) is 72.4 cm³/mol. The van der Waals surface area contributed by atoms with Gasteiger partial charge in [-0.3, -0.25) is 5.32 Å². The molecule has 0 saturated carbocycles. The Morgan fingerprint density at radius 2 is 2.22 bits per heavy atom. The lowest BCUT2D eigenvalue weighted by Gasteiger charge is -2.10. The number of anilines is 1. The number of amides is 1. The number of benzene rings is 1. The first-order valence-corrected chi connectivity index (χ1v) is 5.80. The van der Waals surface area contributed by atoms with Crippen LogP contribution in [0.3, 0.4) is 0 Å². The maximum absolute atomic E-state index is 11.4. The van der Waals surface area contributed by atoms with E-state index in [1.807, 2.05) is 19.1 Å². The molecule has 0 saturated heterocycles. The van der Waals surface area contributed by atoms with Crippen molar-refractivity contribution in [1.29, 1.82) is 0 Å². The van der Waals surface area contributed by atoms with Gasteiger partial charge in [0.05, 0.1) is 12.6 Å². The van der Waals surface area contributed by atoms with E-state index in [1.165, 1.54) is 0 Å². The van der Waals surface area contributed by atoms with E-state index in [-0.39, 0.29) is 6.10 Å². The van der Waals surface area contributed by atoms with Crippen molar-refractivity contribution in [3.05, 3.63) is 29.3 Å². The van der Waals surface area contributed by atoms with Crippen LogP contribution < -0.4 is 11.1 Å². The van der Waals surface area contributed by atoms with E-state index >= 15 is 0 Å². The zero-order chi connectivity index (χ0) is 13.5. The highest BCUT2D eigenvalue weighted by molar-refractivity contribution is 5.85. The van der Waals surface area contributed by atoms with Gasteiger partial charge in [-0.1, -0.05) is 11.8 Å². The minimum atomic E-state index is -0.454. The van der Waals surface area contributed by atoms with Crippen molar-refractivity contribution >= 4 is 11.8 Å². The monoisotopic (exact) mass is 246 g/mol. The predicted octanol–water partition coefficient (Wildman–Crippen LogP) is 2.26. The third-order valence-corrected chi connectivity index (χ3v) is 2.14. The molecular formula is C14H18N2O2.